The number of benzene rings is 1. The maximum atomic E-state index is 11.0. The molecule has 100 valence electrons. The molecule has 1 aromatic carbocycles. The molecule has 0 bridgehead atoms. The average molecular weight is 251 g/mol. The molecular weight excluding hydrogens is 230 g/mol. The molecule has 0 aliphatic heterocycles. The van der Waals surface area contributed by atoms with E-state index >= 15 is 0 Å². The Hall–Kier alpha value is -1.75. The molecule has 4 N–H and O–H groups in total. The average Bonchev–Trinajstić information content (AvgIpc) is 2.38. The van der Waals surface area contributed by atoms with Gasteiger partial charge in [0.05, 0.1) is 7.11 Å². The van der Waals surface area contributed by atoms with Crippen LogP contribution >= 0.6 is 0 Å². The zero-order chi connectivity index (χ0) is 13.5. The minimum Gasteiger partial charge on any atom is -0.496 e. The van der Waals surface area contributed by atoms with Gasteiger partial charge in [0.25, 0.3) is 0 Å². The first-order valence-electron chi connectivity index (χ1n) is 5.99. The second-order valence-electron chi connectivity index (χ2n) is 4.38. The molecule has 0 saturated heterocycles. The van der Waals surface area contributed by atoms with Crippen molar-refractivity contribution >= 4 is 6.03 Å². The Morgan fingerprint density at radius 2 is 2.17 bits per heavy atom. The number of rotatable bonds is 5. The van der Waals surface area contributed by atoms with Crippen molar-refractivity contribution in [2.75, 3.05) is 13.7 Å². The Morgan fingerprint density at radius 1 is 1.44 bits per heavy atom. The van der Waals surface area contributed by atoms with E-state index in [1.54, 1.807) is 7.11 Å². The monoisotopic (exact) mass is 251 g/mol. The molecule has 0 aromatic heterocycles. The van der Waals surface area contributed by atoms with Gasteiger partial charge in [0.15, 0.2) is 0 Å². The summed E-state index contributed by atoms with van der Waals surface area (Å²) in [7, 11) is 1.65. The van der Waals surface area contributed by atoms with Crippen LogP contribution in [0.25, 0.3) is 0 Å². The van der Waals surface area contributed by atoms with E-state index in [9.17, 15) is 4.79 Å². The van der Waals surface area contributed by atoms with E-state index in [-0.39, 0.29) is 6.03 Å². The molecule has 0 radical (unpaired) electrons. The van der Waals surface area contributed by atoms with Gasteiger partial charge in [-0.25, -0.2) is 10.6 Å². The molecule has 0 saturated carbocycles. The number of urea groups is 1. The van der Waals surface area contributed by atoms with Crippen molar-refractivity contribution < 1.29 is 9.53 Å². The number of hydrogen-bond acceptors (Lipinski definition) is 3. The van der Waals surface area contributed by atoms with Gasteiger partial charge in [-0.2, -0.15) is 0 Å². The van der Waals surface area contributed by atoms with Crippen molar-refractivity contribution in [1.29, 1.82) is 0 Å². The van der Waals surface area contributed by atoms with Gasteiger partial charge in [0, 0.05) is 6.54 Å². The van der Waals surface area contributed by atoms with E-state index in [1.807, 2.05) is 11.5 Å². The first kappa shape index (κ1) is 14.3. The number of hydrogen-bond donors (Lipinski definition) is 3. The van der Waals surface area contributed by atoms with Crippen molar-refractivity contribution in [2.45, 2.75) is 26.2 Å². The Balaban J connectivity index is 2.72. The van der Waals surface area contributed by atoms with Gasteiger partial charge in [0.1, 0.15) is 5.75 Å². The number of nitrogens with one attached hydrogen (secondary N) is 2. The van der Waals surface area contributed by atoms with Crippen LogP contribution in [0.15, 0.2) is 18.2 Å². The fraction of sp³-hybridized carbons (Fsp3) is 0.462. The fourth-order valence-electron chi connectivity index (χ4n) is 1.71. The lowest BCUT2D eigenvalue weighted by molar-refractivity contribution is 0.241. The summed E-state index contributed by atoms with van der Waals surface area (Å²) in [5.74, 6) is 6.29. The summed E-state index contributed by atoms with van der Waals surface area (Å²) < 4.78 is 5.31. The van der Waals surface area contributed by atoms with Crippen LogP contribution in [0.5, 0.6) is 5.75 Å². The van der Waals surface area contributed by atoms with Gasteiger partial charge >= 0.3 is 6.03 Å². The third-order valence-electron chi connectivity index (χ3n) is 2.78. The third-order valence-corrected chi connectivity index (χ3v) is 2.78. The second-order valence-corrected chi connectivity index (χ2v) is 4.38. The predicted octanol–water partition coefficient (Wildman–Crippen LogP) is 1.53. The van der Waals surface area contributed by atoms with Gasteiger partial charge < -0.3 is 10.1 Å². The molecule has 0 fully saturated rings. The van der Waals surface area contributed by atoms with Crippen LogP contribution < -0.4 is 21.3 Å². The minimum atomic E-state index is -0.381. The Kier molecular flexibility index (Phi) is 5.45. The van der Waals surface area contributed by atoms with E-state index < -0.39 is 0 Å². The van der Waals surface area contributed by atoms with Crippen molar-refractivity contribution in [3.63, 3.8) is 0 Å². The summed E-state index contributed by atoms with van der Waals surface area (Å²) in [6.45, 7) is 4.80. The molecule has 5 nitrogen and oxygen atoms in total. The largest absolute Gasteiger partial charge is 0.496 e. The highest BCUT2D eigenvalue weighted by atomic mass is 16.5. The maximum absolute atomic E-state index is 11.0. The van der Waals surface area contributed by atoms with Crippen LogP contribution in [0.1, 0.15) is 30.9 Å². The number of carbonyl (C=O) groups is 1. The molecule has 0 aliphatic carbocycles. The summed E-state index contributed by atoms with van der Waals surface area (Å²) in [4.78, 5) is 11.0. The first-order chi connectivity index (χ1) is 8.58. The quantitative estimate of drug-likeness (QED) is 0.422. The van der Waals surface area contributed by atoms with Crippen molar-refractivity contribution in [3.8, 4) is 5.75 Å². The first-order valence-corrected chi connectivity index (χ1v) is 5.99. The molecule has 0 heterocycles. The van der Waals surface area contributed by atoms with Crippen molar-refractivity contribution in [3.05, 3.63) is 29.3 Å². The molecule has 1 aromatic rings. The standard InChI is InChI=1S/C13H21N3O2/c1-9(2)10-4-5-12(18-3)11(8-10)6-7-15-13(17)16-14/h4-5,8-9H,6-7,14H2,1-3H3,(H2,15,16,17). The number of amides is 2. The lowest BCUT2D eigenvalue weighted by Gasteiger charge is -2.13. The summed E-state index contributed by atoms with van der Waals surface area (Å²) in [5, 5.41) is 2.65. The second kappa shape index (κ2) is 6.86. The van der Waals surface area contributed by atoms with Crippen LogP contribution in [0.2, 0.25) is 0 Å². The van der Waals surface area contributed by atoms with Crippen molar-refractivity contribution in [2.24, 2.45) is 5.84 Å². The van der Waals surface area contributed by atoms with Gasteiger partial charge in [-0.15, -0.1) is 0 Å². The number of methoxy groups -OCH3 is 1. The van der Waals surface area contributed by atoms with Gasteiger partial charge in [0.2, 0.25) is 0 Å². The highest BCUT2D eigenvalue weighted by molar-refractivity contribution is 5.73. The molecule has 0 spiro atoms. The van der Waals surface area contributed by atoms with E-state index in [0.29, 0.717) is 18.9 Å². The van der Waals surface area contributed by atoms with Crippen LogP contribution in [-0.2, 0) is 6.42 Å². The van der Waals surface area contributed by atoms with Crippen molar-refractivity contribution in [1.82, 2.24) is 10.7 Å². The lowest BCUT2D eigenvalue weighted by atomic mass is 9.99. The Morgan fingerprint density at radius 3 is 2.72 bits per heavy atom. The fourth-order valence-corrected chi connectivity index (χ4v) is 1.71. The predicted molar refractivity (Wildman–Crippen MR) is 71.5 cm³/mol. The molecule has 2 amide bonds. The van der Waals surface area contributed by atoms with Crippen LogP contribution in [-0.4, -0.2) is 19.7 Å². The number of nitrogens with two attached hydrogens (primary N) is 1. The molecule has 0 atom stereocenters. The topological polar surface area (TPSA) is 76.4 Å². The van der Waals surface area contributed by atoms with Crippen LogP contribution in [0.3, 0.4) is 0 Å². The Bertz CT molecular complexity index is 405. The zero-order valence-electron chi connectivity index (χ0n) is 11.1. The minimum absolute atomic E-state index is 0.381. The maximum Gasteiger partial charge on any atom is 0.328 e. The molecular formula is C13H21N3O2. The number of carbonyl (C=O) groups excluding carboxylic acids is 1. The van der Waals surface area contributed by atoms with Gasteiger partial charge in [-0.1, -0.05) is 26.0 Å². The summed E-state index contributed by atoms with van der Waals surface area (Å²) >= 11 is 0. The normalized spacial score (nSPS) is 10.3. The molecule has 0 aliphatic rings. The Labute approximate surface area is 108 Å². The van der Waals surface area contributed by atoms with E-state index in [4.69, 9.17) is 10.6 Å². The van der Waals surface area contributed by atoms with Crippen LogP contribution in [0, 0.1) is 0 Å². The molecule has 1 rings (SSSR count). The third kappa shape index (κ3) is 3.92. The SMILES string of the molecule is COc1ccc(C(C)C)cc1CCNC(=O)NN. The van der Waals surface area contributed by atoms with Crippen LogP contribution in [0.4, 0.5) is 4.79 Å². The molecule has 5 heteroatoms. The lowest BCUT2D eigenvalue weighted by Crippen LogP contribution is -2.40. The highest BCUT2D eigenvalue weighted by Gasteiger charge is 2.07. The number of hydrazine groups is 1. The van der Waals surface area contributed by atoms with E-state index in [2.05, 4.69) is 31.3 Å². The zero-order valence-corrected chi connectivity index (χ0v) is 11.1. The van der Waals surface area contributed by atoms with E-state index in [0.717, 1.165) is 11.3 Å². The van der Waals surface area contributed by atoms with E-state index in [1.165, 1.54) is 5.56 Å². The summed E-state index contributed by atoms with van der Waals surface area (Å²) in [6, 6.07) is 5.76. The van der Waals surface area contributed by atoms with Gasteiger partial charge in [-0.3, -0.25) is 5.43 Å². The number of ether oxygens (including phenoxy) is 1. The molecule has 0 unspecified atom stereocenters. The summed E-state index contributed by atoms with van der Waals surface area (Å²) in [5.41, 5.74) is 4.37. The smallest absolute Gasteiger partial charge is 0.328 e. The van der Waals surface area contributed by atoms with Gasteiger partial charge in [-0.05, 0) is 29.5 Å². The highest BCUT2D eigenvalue weighted by Crippen LogP contribution is 2.24. The summed E-state index contributed by atoms with van der Waals surface area (Å²) in [6.07, 6.45) is 0.706. The molecule has 18 heavy (non-hydrogen) atoms.